The number of aromatic nitrogens is 1. The van der Waals surface area contributed by atoms with Gasteiger partial charge in [-0.05, 0) is 44.0 Å². The van der Waals surface area contributed by atoms with E-state index in [0.717, 1.165) is 24.9 Å². The van der Waals surface area contributed by atoms with Gasteiger partial charge in [0, 0.05) is 18.3 Å². The van der Waals surface area contributed by atoms with Gasteiger partial charge in [-0.1, -0.05) is 6.92 Å². The van der Waals surface area contributed by atoms with E-state index < -0.39 is 12.7 Å². The molecule has 0 spiro atoms. The fourth-order valence-corrected chi connectivity index (χ4v) is 2.26. The highest BCUT2D eigenvalue weighted by Crippen LogP contribution is 2.34. The van der Waals surface area contributed by atoms with E-state index in [1.807, 2.05) is 19.9 Å². The van der Waals surface area contributed by atoms with Crippen molar-refractivity contribution in [3.8, 4) is 0 Å². The minimum atomic E-state index is -4.20. The summed E-state index contributed by atoms with van der Waals surface area (Å²) in [5.41, 5.74) is 0.963. The van der Waals surface area contributed by atoms with Crippen LogP contribution in [0.4, 0.5) is 19.0 Å². The molecule has 0 aliphatic heterocycles. The third-order valence-corrected chi connectivity index (χ3v) is 3.41. The molecule has 0 saturated heterocycles. The topological polar surface area (TPSA) is 28.2 Å². The van der Waals surface area contributed by atoms with Crippen LogP contribution >= 0.6 is 0 Å². The Morgan fingerprint density at radius 3 is 2.70 bits per heavy atom. The van der Waals surface area contributed by atoms with Gasteiger partial charge < -0.3 is 10.2 Å². The Bertz CT molecular complexity index is 444. The van der Waals surface area contributed by atoms with Crippen molar-refractivity contribution in [3.05, 3.63) is 23.9 Å². The second-order valence-electron chi connectivity index (χ2n) is 5.20. The largest absolute Gasteiger partial charge is 0.405 e. The summed E-state index contributed by atoms with van der Waals surface area (Å²) in [5, 5.41) is 3.25. The first-order chi connectivity index (χ1) is 9.40. The number of halogens is 3. The zero-order valence-electron chi connectivity index (χ0n) is 11.7. The summed E-state index contributed by atoms with van der Waals surface area (Å²) in [6, 6.07) is 3.69. The molecule has 1 aromatic rings. The Morgan fingerprint density at radius 2 is 2.15 bits per heavy atom. The molecule has 3 nitrogen and oxygen atoms in total. The van der Waals surface area contributed by atoms with Crippen molar-refractivity contribution in [1.82, 2.24) is 10.3 Å². The van der Waals surface area contributed by atoms with E-state index in [-0.39, 0.29) is 12.1 Å². The van der Waals surface area contributed by atoms with E-state index in [2.05, 4.69) is 10.3 Å². The molecule has 0 amide bonds. The minimum Gasteiger partial charge on any atom is -0.345 e. The average Bonchev–Trinajstić information content (AvgIpc) is 3.20. The Kier molecular flexibility index (Phi) is 4.52. The molecule has 1 saturated carbocycles. The van der Waals surface area contributed by atoms with E-state index >= 15 is 0 Å². The SMILES string of the molecule is CCNC(C)c1ccnc(N(CC(F)(F)F)C2CC2)c1. The van der Waals surface area contributed by atoms with Crippen LogP contribution in [0.5, 0.6) is 0 Å². The molecule has 1 aliphatic carbocycles. The molecule has 20 heavy (non-hydrogen) atoms. The number of anilines is 1. The third kappa shape index (κ3) is 4.10. The van der Waals surface area contributed by atoms with Crippen LogP contribution in [-0.4, -0.2) is 30.3 Å². The molecule has 112 valence electrons. The van der Waals surface area contributed by atoms with Gasteiger partial charge >= 0.3 is 6.18 Å². The van der Waals surface area contributed by atoms with Gasteiger partial charge in [0.2, 0.25) is 0 Å². The van der Waals surface area contributed by atoms with E-state index in [1.165, 1.54) is 4.90 Å². The number of alkyl halides is 3. The molecule has 1 aromatic heterocycles. The highest BCUT2D eigenvalue weighted by atomic mass is 19.4. The van der Waals surface area contributed by atoms with Crippen LogP contribution in [0.25, 0.3) is 0 Å². The van der Waals surface area contributed by atoms with Gasteiger partial charge in [-0.15, -0.1) is 0 Å². The third-order valence-electron chi connectivity index (χ3n) is 3.41. The van der Waals surface area contributed by atoms with Gasteiger partial charge in [0.05, 0.1) is 0 Å². The van der Waals surface area contributed by atoms with E-state index in [4.69, 9.17) is 0 Å². The number of rotatable bonds is 6. The lowest BCUT2D eigenvalue weighted by atomic mass is 10.1. The molecular formula is C14H20F3N3. The molecule has 0 bridgehead atoms. The molecule has 1 unspecified atom stereocenters. The monoisotopic (exact) mass is 287 g/mol. The van der Waals surface area contributed by atoms with E-state index in [9.17, 15) is 13.2 Å². The molecular weight excluding hydrogens is 267 g/mol. The quantitative estimate of drug-likeness (QED) is 0.870. The van der Waals surface area contributed by atoms with Gasteiger partial charge in [0.15, 0.2) is 0 Å². The Hall–Kier alpha value is -1.30. The first-order valence-corrected chi connectivity index (χ1v) is 6.93. The van der Waals surface area contributed by atoms with Crippen molar-refractivity contribution in [3.63, 3.8) is 0 Å². The van der Waals surface area contributed by atoms with Crippen LogP contribution in [0.3, 0.4) is 0 Å². The lowest BCUT2D eigenvalue weighted by Gasteiger charge is -2.25. The first-order valence-electron chi connectivity index (χ1n) is 6.93. The maximum absolute atomic E-state index is 12.7. The van der Waals surface area contributed by atoms with Crippen LogP contribution < -0.4 is 10.2 Å². The number of hydrogen-bond acceptors (Lipinski definition) is 3. The standard InChI is InChI=1S/C14H20F3N3/c1-3-18-10(2)11-6-7-19-13(8-11)20(12-4-5-12)9-14(15,16)17/h6-8,10,12,18H,3-5,9H2,1-2H3. The molecule has 1 aliphatic rings. The van der Waals surface area contributed by atoms with Gasteiger partial charge in [-0.25, -0.2) is 4.98 Å². The molecule has 1 N–H and O–H groups in total. The van der Waals surface area contributed by atoms with E-state index in [1.54, 1.807) is 12.3 Å². The van der Waals surface area contributed by atoms with Crippen molar-refractivity contribution in [1.29, 1.82) is 0 Å². The van der Waals surface area contributed by atoms with Crippen molar-refractivity contribution in [2.45, 2.75) is 44.9 Å². The molecule has 1 fully saturated rings. The summed E-state index contributed by atoms with van der Waals surface area (Å²) in [5.74, 6) is 0.423. The lowest BCUT2D eigenvalue weighted by Crippen LogP contribution is -2.36. The maximum atomic E-state index is 12.7. The fourth-order valence-electron chi connectivity index (χ4n) is 2.26. The lowest BCUT2D eigenvalue weighted by molar-refractivity contribution is -0.120. The summed E-state index contributed by atoms with van der Waals surface area (Å²) in [6.07, 6.45) is -0.993. The first kappa shape index (κ1) is 15.1. The number of nitrogens with zero attached hydrogens (tertiary/aromatic N) is 2. The number of hydrogen-bond donors (Lipinski definition) is 1. The second kappa shape index (κ2) is 5.99. The molecule has 1 heterocycles. The minimum absolute atomic E-state index is 0.0196. The van der Waals surface area contributed by atoms with Crippen molar-refractivity contribution in [2.75, 3.05) is 18.0 Å². The molecule has 6 heteroatoms. The van der Waals surface area contributed by atoms with E-state index in [0.29, 0.717) is 5.82 Å². The zero-order chi connectivity index (χ0) is 14.8. The van der Waals surface area contributed by atoms with Crippen LogP contribution in [0.15, 0.2) is 18.3 Å². The summed E-state index contributed by atoms with van der Waals surface area (Å²) in [7, 11) is 0. The highest BCUT2D eigenvalue weighted by molar-refractivity contribution is 5.44. The zero-order valence-corrected chi connectivity index (χ0v) is 11.7. The van der Waals surface area contributed by atoms with Gasteiger partial charge in [-0.3, -0.25) is 0 Å². The van der Waals surface area contributed by atoms with Crippen LogP contribution in [0.1, 0.15) is 38.3 Å². The van der Waals surface area contributed by atoms with Crippen LogP contribution in [-0.2, 0) is 0 Å². The summed E-state index contributed by atoms with van der Waals surface area (Å²) in [6.45, 7) is 3.88. The summed E-state index contributed by atoms with van der Waals surface area (Å²) >= 11 is 0. The molecule has 0 aromatic carbocycles. The van der Waals surface area contributed by atoms with Crippen molar-refractivity contribution in [2.24, 2.45) is 0 Å². The predicted octanol–water partition coefficient (Wildman–Crippen LogP) is 3.28. The average molecular weight is 287 g/mol. The van der Waals surface area contributed by atoms with Crippen molar-refractivity contribution >= 4 is 5.82 Å². The Balaban J connectivity index is 2.18. The Labute approximate surface area is 117 Å². The van der Waals surface area contributed by atoms with Gasteiger partial charge in [-0.2, -0.15) is 13.2 Å². The molecule has 2 rings (SSSR count). The summed E-state index contributed by atoms with van der Waals surface area (Å²) in [4.78, 5) is 5.50. The van der Waals surface area contributed by atoms with Gasteiger partial charge in [0.1, 0.15) is 12.4 Å². The smallest absolute Gasteiger partial charge is 0.345 e. The molecule has 1 atom stereocenters. The maximum Gasteiger partial charge on any atom is 0.405 e. The number of nitrogens with one attached hydrogen (secondary N) is 1. The Morgan fingerprint density at radius 1 is 1.45 bits per heavy atom. The molecule has 0 radical (unpaired) electrons. The highest BCUT2D eigenvalue weighted by Gasteiger charge is 2.38. The predicted molar refractivity (Wildman–Crippen MR) is 72.8 cm³/mol. The summed E-state index contributed by atoms with van der Waals surface area (Å²) < 4.78 is 38.0. The fraction of sp³-hybridized carbons (Fsp3) is 0.643. The van der Waals surface area contributed by atoms with Crippen LogP contribution in [0, 0.1) is 0 Å². The second-order valence-corrected chi connectivity index (χ2v) is 5.20. The normalized spacial score (nSPS) is 17.1. The number of pyridine rings is 1. The van der Waals surface area contributed by atoms with Crippen LogP contribution in [0.2, 0.25) is 0 Å². The van der Waals surface area contributed by atoms with Gasteiger partial charge in [0.25, 0.3) is 0 Å². The van der Waals surface area contributed by atoms with Crippen molar-refractivity contribution < 1.29 is 13.2 Å².